The van der Waals surface area contributed by atoms with E-state index in [0.717, 1.165) is 45.2 Å². The number of benzene rings is 4. The number of anilines is 2. The van der Waals surface area contributed by atoms with Crippen LogP contribution in [-0.2, 0) is 10.0 Å². The molecule has 206 valence electrons. The fraction of sp³-hybridized carbons (Fsp3) is 0.125. The predicted octanol–water partition coefficient (Wildman–Crippen LogP) is 8.24. The molecule has 0 amide bonds. The van der Waals surface area contributed by atoms with E-state index in [4.69, 9.17) is 21.7 Å². The number of thiazole rings is 1. The molecule has 0 saturated carbocycles. The van der Waals surface area contributed by atoms with E-state index in [1.807, 2.05) is 53.7 Å². The van der Waals surface area contributed by atoms with Crippen LogP contribution in [0.2, 0.25) is 5.02 Å². The molecule has 41 heavy (non-hydrogen) atoms. The maximum Gasteiger partial charge on any atom is 0.261 e. The number of nitrogens with zero attached hydrogens (tertiary/aromatic N) is 3. The standard InChI is InChI=1S/C32H27ClN4O2S2/c1-21-3-7-23(8-4-21)29-19-31(25-9-13-26(33)14-10-25)37(35-29)32-34-30(20-40-32)24-11-15-27(16-12-24)36-41(38,39)28-17-5-22(2)6-18-28/h3-18,20,31,36H,19H2,1-2H3/t31-/m0/s1. The zero-order valence-electron chi connectivity index (χ0n) is 22.5. The molecule has 5 aromatic rings. The van der Waals surface area contributed by atoms with Crippen LogP contribution in [0.4, 0.5) is 10.8 Å². The van der Waals surface area contributed by atoms with Gasteiger partial charge in [0, 0.05) is 28.1 Å². The largest absolute Gasteiger partial charge is 0.280 e. The summed E-state index contributed by atoms with van der Waals surface area (Å²) in [6.07, 6.45) is 0.745. The maximum absolute atomic E-state index is 12.8. The SMILES string of the molecule is Cc1ccc(C2=NN(c3nc(-c4ccc(NS(=O)(=O)c5ccc(C)cc5)cc4)cs3)[C@H](c3ccc(Cl)cc3)C2)cc1. The summed E-state index contributed by atoms with van der Waals surface area (Å²) in [5.41, 5.74) is 7.59. The van der Waals surface area contributed by atoms with E-state index < -0.39 is 10.0 Å². The number of aryl methyl sites for hydroxylation is 2. The van der Waals surface area contributed by atoms with Crippen molar-refractivity contribution in [2.24, 2.45) is 5.10 Å². The van der Waals surface area contributed by atoms with Crippen LogP contribution in [0.3, 0.4) is 0 Å². The Morgan fingerprint density at radius 2 is 1.44 bits per heavy atom. The van der Waals surface area contributed by atoms with Gasteiger partial charge < -0.3 is 0 Å². The number of halogens is 1. The summed E-state index contributed by atoms with van der Waals surface area (Å²) >= 11 is 7.70. The molecule has 2 heterocycles. The Labute approximate surface area is 249 Å². The molecule has 0 spiro atoms. The molecular formula is C32H27ClN4O2S2. The van der Waals surface area contributed by atoms with Crippen LogP contribution >= 0.6 is 22.9 Å². The van der Waals surface area contributed by atoms with Gasteiger partial charge in [0.05, 0.1) is 22.3 Å². The highest BCUT2D eigenvalue weighted by Gasteiger charge is 2.31. The molecule has 6 rings (SSSR count). The Bertz CT molecular complexity index is 1820. The Kier molecular flexibility index (Phi) is 7.38. The number of hydrazone groups is 1. The van der Waals surface area contributed by atoms with Crippen molar-refractivity contribution in [3.8, 4) is 11.3 Å². The number of hydrogen-bond donors (Lipinski definition) is 1. The van der Waals surface area contributed by atoms with E-state index in [1.165, 1.54) is 16.9 Å². The smallest absolute Gasteiger partial charge is 0.261 e. The monoisotopic (exact) mass is 598 g/mol. The number of sulfonamides is 1. The minimum atomic E-state index is -3.67. The molecule has 1 atom stereocenters. The first-order valence-electron chi connectivity index (χ1n) is 13.1. The van der Waals surface area contributed by atoms with Crippen molar-refractivity contribution < 1.29 is 8.42 Å². The summed E-state index contributed by atoms with van der Waals surface area (Å²) in [7, 11) is -3.67. The molecule has 0 unspecified atom stereocenters. The molecule has 1 N–H and O–H groups in total. The summed E-state index contributed by atoms with van der Waals surface area (Å²) < 4.78 is 28.2. The minimum Gasteiger partial charge on any atom is -0.280 e. The highest BCUT2D eigenvalue weighted by molar-refractivity contribution is 7.92. The molecule has 1 aromatic heterocycles. The summed E-state index contributed by atoms with van der Waals surface area (Å²) in [4.78, 5) is 5.16. The Morgan fingerprint density at radius 1 is 0.829 bits per heavy atom. The van der Waals surface area contributed by atoms with Gasteiger partial charge >= 0.3 is 0 Å². The molecule has 0 fully saturated rings. The van der Waals surface area contributed by atoms with Crippen LogP contribution < -0.4 is 9.73 Å². The zero-order chi connectivity index (χ0) is 28.6. The number of rotatable bonds is 7. The van der Waals surface area contributed by atoms with E-state index in [9.17, 15) is 8.42 Å². The van der Waals surface area contributed by atoms with Gasteiger partial charge in [-0.25, -0.2) is 18.4 Å². The van der Waals surface area contributed by atoms with Crippen molar-refractivity contribution in [1.29, 1.82) is 0 Å². The molecule has 0 saturated heterocycles. The predicted molar refractivity (Wildman–Crippen MR) is 169 cm³/mol. The second-order valence-corrected chi connectivity index (χ2v) is 13.0. The molecule has 4 aromatic carbocycles. The minimum absolute atomic E-state index is 0.0128. The van der Waals surface area contributed by atoms with E-state index in [0.29, 0.717) is 10.7 Å². The first kappa shape index (κ1) is 27.2. The fourth-order valence-electron chi connectivity index (χ4n) is 4.69. The van der Waals surface area contributed by atoms with E-state index in [2.05, 4.69) is 35.9 Å². The van der Waals surface area contributed by atoms with Crippen molar-refractivity contribution >= 4 is 49.5 Å². The average molecular weight is 599 g/mol. The first-order valence-corrected chi connectivity index (χ1v) is 15.8. The molecule has 0 bridgehead atoms. The van der Waals surface area contributed by atoms with E-state index in [-0.39, 0.29) is 10.9 Å². The van der Waals surface area contributed by atoms with Gasteiger partial charge in [-0.15, -0.1) is 11.3 Å². The second kappa shape index (κ2) is 11.1. The lowest BCUT2D eigenvalue weighted by atomic mass is 9.98. The highest BCUT2D eigenvalue weighted by atomic mass is 35.5. The van der Waals surface area contributed by atoms with Crippen LogP contribution in [0.25, 0.3) is 11.3 Å². The van der Waals surface area contributed by atoms with Gasteiger partial charge in [0.25, 0.3) is 10.0 Å². The van der Waals surface area contributed by atoms with Gasteiger partial charge in [-0.1, -0.05) is 83.4 Å². The van der Waals surface area contributed by atoms with Crippen molar-refractivity contribution in [2.75, 3.05) is 9.73 Å². The summed E-state index contributed by atoms with van der Waals surface area (Å²) in [5.74, 6) is 0. The van der Waals surface area contributed by atoms with Crippen molar-refractivity contribution in [3.05, 3.63) is 130 Å². The Morgan fingerprint density at radius 3 is 2.10 bits per heavy atom. The average Bonchev–Trinajstić information content (AvgIpc) is 3.63. The quantitative estimate of drug-likeness (QED) is 0.205. The number of hydrogen-bond acceptors (Lipinski definition) is 6. The maximum atomic E-state index is 12.8. The topological polar surface area (TPSA) is 74.7 Å². The first-order chi connectivity index (χ1) is 19.7. The lowest BCUT2D eigenvalue weighted by molar-refractivity contribution is 0.601. The zero-order valence-corrected chi connectivity index (χ0v) is 24.8. The highest BCUT2D eigenvalue weighted by Crippen LogP contribution is 2.40. The third-order valence-electron chi connectivity index (χ3n) is 7.00. The van der Waals surface area contributed by atoms with E-state index in [1.54, 1.807) is 36.4 Å². The van der Waals surface area contributed by atoms with Gasteiger partial charge in [-0.05, 0) is 61.4 Å². The lowest BCUT2D eigenvalue weighted by Crippen LogP contribution is -2.18. The normalized spacial score (nSPS) is 15.1. The van der Waals surface area contributed by atoms with Crippen LogP contribution in [0, 0.1) is 13.8 Å². The van der Waals surface area contributed by atoms with Crippen LogP contribution in [0.5, 0.6) is 0 Å². The van der Waals surface area contributed by atoms with Crippen LogP contribution in [-0.4, -0.2) is 19.1 Å². The molecule has 1 aliphatic rings. The molecule has 0 aliphatic carbocycles. The van der Waals surface area contributed by atoms with Crippen molar-refractivity contribution in [2.45, 2.75) is 31.2 Å². The summed E-state index contributed by atoms with van der Waals surface area (Å²) in [6, 6.07) is 30.3. The third-order valence-corrected chi connectivity index (χ3v) is 9.48. The van der Waals surface area contributed by atoms with Gasteiger partial charge in [-0.3, -0.25) is 4.72 Å². The van der Waals surface area contributed by atoms with Gasteiger partial charge in [0.2, 0.25) is 5.13 Å². The molecule has 1 aliphatic heterocycles. The number of nitrogens with one attached hydrogen (secondary N) is 1. The molecule has 9 heteroatoms. The van der Waals surface area contributed by atoms with Crippen molar-refractivity contribution in [1.82, 2.24) is 4.98 Å². The third kappa shape index (κ3) is 5.91. The van der Waals surface area contributed by atoms with E-state index >= 15 is 0 Å². The van der Waals surface area contributed by atoms with Crippen LogP contribution in [0.1, 0.15) is 34.7 Å². The fourth-order valence-corrected chi connectivity index (χ4v) is 6.71. The van der Waals surface area contributed by atoms with Gasteiger partial charge in [-0.2, -0.15) is 5.10 Å². The molecular weight excluding hydrogens is 572 g/mol. The number of aromatic nitrogens is 1. The summed E-state index contributed by atoms with van der Waals surface area (Å²) in [6.45, 7) is 4.00. The summed E-state index contributed by atoms with van der Waals surface area (Å²) in [5, 5.41) is 10.5. The second-order valence-electron chi connectivity index (χ2n) is 10.0. The van der Waals surface area contributed by atoms with Gasteiger partial charge in [0.15, 0.2) is 0 Å². The van der Waals surface area contributed by atoms with Crippen molar-refractivity contribution in [3.63, 3.8) is 0 Å². The Hall–Kier alpha value is -3.98. The molecule has 6 nitrogen and oxygen atoms in total. The van der Waals surface area contributed by atoms with Crippen LogP contribution in [0.15, 0.2) is 112 Å². The Balaban J connectivity index is 1.26. The lowest BCUT2D eigenvalue weighted by Gasteiger charge is -2.21. The molecule has 0 radical (unpaired) electrons. The van der Waals surface area contributed by atoms with Gasteiger partial charge in [0.1, 0.15) is 0 Å².